The van der Waals surface area contributed by atoms with E-state index in [4.69, 9.17) is 16.0 Å². The highest BCUT2D eigenvalue weighted by atomic mass is 35.5. The van der Waals surface area contributed by atoms with Gasteiger partial charge < -0.3 is 4.43 Å². The van der Waals surface area contributed by atoms with Gasteiger partial charge in [-0.15, -0.1) is 0 Å². The summed E-state index contributed by atoms with van der Waals surface area (Å²) in [5, 5.41) is 4.69. The van der Waals surface area contributed by atoms with Crippen molar-refractivity contribution < 1.29 is 8.82 Å². The molecule has 0 aliphatic carbocycles. The summed E-state index contributed by atoms with van der Waals surface area (Å²) in [7, 11) is -1.90. The molecular weight excluding hydrogens is 319 g/mol. The van der Waals surface area contributed by atoms with E-state index in [0.29, 0.717) is 11.8 Å². The van der Waals surface area contributed by atoms with E-state index in [1.165, 1.54) is 12.1 Å². The van der Waals surface area contributed by atoms with Gasteiger partial charge in [0.05, 0.1) is 12.3 Å². The fraction of sp³-hybridized carbons (Fsp3) is 0.438. The Morgan fingerprint density at radius 3 is 2.50 bits per heavy atom. The van der Waals surface area contributed by atoms with Crippen LogP contribution in [0.15, 0.2) is 30.5 Å². The highest BCUT2D eigenvalue weighted by Gasteiger charge is 2.37. The lowest BCUT2D eigenvalue weighted by Crippen LogP contribution is -2.40. The molecule has 0 saturated carbocycles. The molecule has 0 aliphatic rings. The van der Waals surface area contributed by atoms with Crippen LogP contribution in [0.2, 0.25) is 23.3 Å². The topological polar surface area (TPSA) is 27.1 Å². The Bertz CT molecular complexity index is 664. The summed E-state index contributed by atoms with van der Waals surface area (Å²) in [6.07, 6.45) is 1.76. The Balaban J connectivity index is 2.29. The predicted molar refractivity (Wildman–Crippen MR) is 90.5 cm³/mol. The van der Waals surface area contributed by atoms with Crippen LogP contribution in [-0.4, -0.2) is 18.1 Å². The van der Waals surface area contributed by atoms with Gasteiger partial charge >= 0.3 is 0 Å². The molecule has 0 unspecified atom stereocenters. The zero-order valence-electron chi connectivity index (χ0n) is 13.7. The van der Waals surface area contributed by atoms with Gasteiger partial charge in [0.15, 0.2) is 13.5 Å². The van der Waals surface area contributed by atoms with Crippen LogP contribution in [0.4, 0.5) is 4.39 Å². The first-order valence-corrected chi connectivity index (χ1v) is 10.5. The number of nitrogens with zero attached hydrogens (tertiary/aromatic N) is 2. The van der Waals surface area contributed by atoms with Crippen molar-refractivity contribution in [3.8, 4) is 5.69 Å². The molecule has 1 aromatic carbocycles. The van der Waals surface area contributed by atoms with Gasteiger partial charge in [0.25, 0.3) is 0 Å². The summed E-state index contributed by atoms with van der Waals surface area (Å²) in [4.78, 5) is 0. The summed E-state index contributed by atoms with van der Waals surface area (Å²) in [6.45, 7) is 11.3. The molecule has 3 nitrogen and oxygen atoms in total. The largest absolute Gasteiger partial charge is 0.412 e. The lowest BCUT2D eigenvalue weighted by molar-refractivity contribution is 0.275. The van der Waals surface area contributed by atoms with Crippen LogP contribution in [0.5, 0.6) is 0 Å². The number of aromatic nitrogens is 2. The second kappa shape index (κ2) is 6.14. The first kappa shape index (κ1) is 17.2. The molecule has 0 radical (unpaired) electrons. The normalized spacial score (nSPS) is 12.7. The van der Waals surface area contributed by atoms with Crippen LogP contribution in [0.1, 0.15) is 26.3 Å². The van der Waals surface area contributed by atoms with Gasteiger partial charge in [-0.1, -0.05) is 32.4 Å². The number of rotatable bonds is 4. The standard InChI is InChI=1S/C16H22ClFN2OSi/c1-16(2,3)22(4,5)21-11-12-10-13(18)6-7-14(12)20-9-8-15(17)19-20/h6-10H,11H2,1-5H3. The van der Waals surface area contributed by atoms with Gasteiger partial charge in [0.2, 0.25) is 0 Å². The van der Waals surface area contributed by atoms with E-state index >= 15 is 0 Å². The molecule has 6 heteroatoms. The van der Waals surface area contributed by atoms with Gasteiger partial charge in [-0.05, 0) is 42.4 Å². The fourth-order valence-electron chi connectivity index (χ4n) is 1.80. The van der Waals surface area contributed by atoms with E-state index < -0.39 is 8.32 Å². The van der Waals surface area contributed by atoms with E-state index in [2.05, 4.69) is 39.0 Å². The molecule has 120 valence electrons. The van der Waals surface area contributed by atoms with Crippen molar-refractivity contribution >= 4 is 19.9 Å². The molecular formula is C16H22ClFN2OSi. The molecule has 0 spiro atoms. The van der Waals surface area contributed by atoms with E-state index in [0.717, 1.165) is 11.3 Å². The number of halogens is 2. The van der Waals surface area contributed by atoms with Crippen molar-refractivity contribution in [3.05, 3.63) is 47.0 Å². The molecule has 0 saturated heterocycles. The van der Waals surface area contributed by atoms with E-state index in [1.807, 2.05) is 0 Å². The Labute approximate surface area is 137 Å². The van der Waals surface area contributed by atoms with Crippen molar-refractivity contribution in [1.82, 2.24) is 9.78 Å². The third-order valence-electron chi connectivity index (χ3n) is 4.24. The van der Waals surface area contributed by atoms with Gasteiger partial charge in [-0.3, -0.25) is 0 Å². The Morgan fingerprint density at radius 2 is 1.95 bits per heavy atom. The number of hydrogen-bond acceptors (Lipinski definition) is 2. The van der Waals surface area contributed by atoms with Crippen LogP contribution >= 0.6 is 11.6 Å². The maximum atomic E-state index is 13.6. The summed E-state index contributed by atoms with van der Waals surface area (Å²) in [5.74, 6) is -0.282. The highest BCUT2D eigenvalue weighted by Crippen LogP contribution is 2.37. The molecule has 22 heavy (non-hydrogen) atoms. The molecule has 0 aliphatic heterocycles. The maximum absolute atomic E-state index is 13.6. The Morgan fingerprint density at radius 1 is 1.27 bits per heavy atom. The smallest absolute Gasteiger partial charge is 0.192 e. The minimum Gasteiger partial charge on any atom is -0.412 e. The zero-order chi connectivity index (χ0) is 16.5. The average molecular weight is 341 g/mol. The third-order valence-corrected chi connectivity index (χ3v) is 8.92. The van der Waals surface area contributed by atoms with Crippen molar-refractivity contribution in [1.29, 1.82) is 0 Å². The van der Waals surface area contributed by atoms with Crippen LogP contribution in [-0.2, 0) is 11.0 Å². The minimum atomic E-state index is -1.90. The molecule has 0 bridgehead atoms. The lowest BCUT2D eigenvalue weighted by Gasteiger charge is -2.36. The van der Waals surface area contributed by atoms with Crippen molar-refractivity contribution in [2.75, 3.05) is 0 Å². The summed E-state index contributed by atoms with van der Waals surface area (Å²) < 4.78 is 21.5. The second-order valence-electron chi connectivity index (χ2n) is 6.91. The molecule has 0 amide bonds. The highest BCUT2D eigenvalue weighted by molar-refractivity contribution is 6.74. The molecule has 0 N–H and O–H groups in total. The van der Waals surface area contributed by atoms with Crippen molar-refractivity contribution in [3.63, 3.8) is 0 Å². The van der Waals surface area contributed by atoms with Crippen LogP contribution in [0, 0.1) is 5.82 Å². The second-order valence-corrected chi connectivity index (χ2v) is 12.1. The van der Waals surface area contributed by atoms with Gasteiger partial charge in [0, 0.05) is 11.8 Å². The van der Waals surface area contributed by atoms with Crippen LogP contribution in [0.3, 0.4) is 0 Å². The monoisotopic (exact) mass is 340 g/mol. The van der Waals surface area contributed by atoms with Crippen molar-refractivity contribution in [2.24, 2.45) is 0 Å². The summed E-state index contributed by atoms with van der Waals surface area (Å²) >= 11 is 5.87. The van der Waals surface area contributed by atoms with Gasteiger partial charge in [-0.2, -0.15) is 5.10 Å². The Hall–Kier alpha value is -1.17. The third kappa shape index (κ3) is 3.77. The molecule has 1 heterocycles. The van der Waals surface area contributed by atoms with E-state index in [-0.39, 0.29) is 10.9 Å². The Kier molecular flexibility index (Phi) is 4.80. The number of benzene rings is 1. The van der Waals surface area contributed by atoms with Crippen molar-refractivity contribution in [2.45, 2.75) is 45.5 Å². The molecule has 0 fully saturated rings. The molecule has 2 rings (SSSR count). The first-order chi connectivity index (χ1) is 10.1. The fourth-order valence-corrected chi connectivity index (χ4v) is 2.89. The van der Waals surface area contributed by atoms with Crippen LogP contribution in [0.25, 0.3) is 5.69 Å². The maximum Gasteiger partial charge on any atom is 0.192 e. The predicted octanol–water partition coefficient (Wildman–Crippen LogP) is 5.19. The van der Waals surface area contributed by atoms with Gasteiger partial charge in [-0.25, -0.2) is 9.07 Å². The van der Waals surface area contributed by atoms with E-state index in [1.54, 1.807) is 23.0 Å². The molecule has 2 aromatic rings. The van der Waals surface area contributed by atoms with E-state index in [9.17, 15) is 4.39 Å². The quantitative estimate of drug-likeness (QED) is 0.716. The SMILES string of the molecule is CC(C)(C)[Si](C)(C)OCc1cc(F)ccc1-n1ccc(Cl)n1. The van der Waals surface area contributed by atoms with Crippen LogP contribution < -0.4 is 0 Å². The van der Waals surface area contributed by atoms with Gasteiger partial charge in [0.1, 0.15) is 5.82 Å². The molecule has 1 aromatic heterocycles. The number of hydrogen-bond donors (Lipinski definition) is 0. The first-order valence-electron chi connectivity index (χ1n) is 7.24. The lowest BCUT2D eigenvalue weighted by atomic mass is 10.2. The molecule has 0 atom stereocenters. The summed E-state index contributed by atoms with van der Waals surface area (Å²) in [6, 6.07) is 6.31. The average Bonchev–Trinajstić information content (AvgIpc) is 2.82. The summed E-state index contributed by atoms with van der Waals surface area (Å²) in [5.41, 5.74) is 1.55. The minimum absolute atomic E-state index is 0.107. The zero-order valence-corrected chi connectivity index (χ0v) is 15.4.